The number of carbonyl (C=O) groups is 1. The minimum absolute atomic E-state index is 0.0134. The van der Waals surface area contributed by atoms with Crippen molar-refractivity contribution < 1.29 is 10.0 Å². The van der Waals surface area contributed by atoms with E-state index < -0.39 is 5.91 Å². The molecule has 1 aliphatic heterocycles. The second-order valence-electron chi connectivity index (χ2n) is 8.30. The highest BCUT2D eigenvalue weighted by Crippen LogP contribution is 2.32. The summed E-state index contributed by atoms with van der Waals surface area (Å²) in [5.41, 5.74) is 5.99. The average molecular weight is 383 g/mol. The maximum atomic E-state index is 11.1. The predicted octanol–water partition coefficient (Wildman–Crippen LogP) is 3.00. The van der Waals surface area contributed by atoms with Gasteiger partial charge in [-0.1, -0.05) is 50.3 Å². The minimum Gasteiger partial charge on any atom is -0.296 e. The number of rotatable bonds is 6. The fourth-order valence-electron chi connectivity index (χ4n) is 3.78. The molecule has 1 aromatic carbocycles. The topological polar surface area (TPSA) is 94.1 Å². The highest BCUT2D eigenvalue weighted by atomic mass is 16.5. The zero-order valence-electron chi connectivity index (χ0n) is 16.8. The van der Waals surface area contributed by atoms with Gasteiger partial charge in [-0.2, -0.15) is 0 Å². The number of aromatic nitrogens is 3. The lowest BCUT2D eigenvalue weighted by molar-refractivity contribution is -0.124. The Hall–Kier alpha value is -2.51. The molecule has 3 rings (SSSR count). The minimum atomic E-state index is -0.534. The van der Waals surface area contributed by atoms with Gasteiger partial charge in [0.25, 0.3) is 5.91 Å². The molecule has 0 bridgehead atoms. The molecule has 1 unspecified atom stereocenters. The van der Waals surface area contributed by atoms with E-state index in [0.717, 1.165) is 42.9 Å². The number of likely N-dealkylation sites (tertiary alicyclic amines) is 1. The number of hydroxylamine groups is 1. The van der Waals surface area contributed by atoms with Gasteiger partial charge in [0.2, 0.25) is 0 Å². The Morgan fingerprint density at radius 1 is 1.36 bits per heavy atom. The number of H-pyrrole nitrogens is 1. The van der Waals surface area contributed by atoms with Crippen LogP contribution >= 0.6 is 0 Å². The van der Waals surface area contributed by atoms with Crippen molar-refractivity contribution in [3.63, 3.8) is 0 Å². The maximum absolute atomic E-state index is 11.1. The first-order valence-corrected chi connectivity index (χ1v) is 9.75. The van der Waals surface area contributed by atoms with Gasteiger partial charge in [0, 0.05) is 30.5 Å². The summed E-state index contributed by atoms with van der Waals surface area (Å²) in [4.78, 5) is 13.6. The third-order valence-electron chi connectivity index (χ3n) is 5.23. The van der Waals surface area contributed by atoms with Crippen LogP contribution in [0.4, 0.5) is 0 Å². The van der Waals surface area contributed by atoms with Crippen molar-refractivity contribution in [2.45, 2.75) is 51.5 Å². The molecule has 0 spiro atoms. The Morgan fingerprint density at radius 2 is 2.11 bits per heavy atom. The number of nitrogens with zero attached hydrogens (tertiary/aromatic N) is 3. The van der Waals surface area contributed by atoms with Crippen molar-refractivity contribution in [1.82, 2.24) is 25.8 Å². The van der Waals surface area contributed by atoms with Crippen LogP contribution in [0.2, 0.25) is 0 Å². The van der Waals surface area contributed by atoms with Crippen molar-refractivity contribution in [3.05, 3.63) is 52.9 Å². The van der Waals surface area contributed by atoms with Gasteiger partial charge < -0.3 is 0 Å². The van der Waals surface area contributed by atoms with Crippen molar-refractivity contribution in [2.24, 2.45) is 0 Å². The standard InChI is InChI=1S/C21H29N5O2/c1-21(2,3)20-17(22-25-23-20)12-14-26-13-4-5-18(26)16-9-6-15(7-10-16)8-11-19(27)24-28/h6-11,18,28H,4-5,12-14H2,1-3H3,(H,24,27)(H,22,23,25). The predicted molar refractivity (Wildman–Crippen MR) is 108 cm³/mol. The van der Waals surface area contributed by atoms with E-state index in [1.54, 1.807) is 11.6 Å². The number of carbonyl (C=O) groups excluding carboxylic acids is 1. The molecule has 2 heterocycles. The lowest BCUT2D eigenvalue weighted by Gasteiger charge is -2.25. The molecule has 1 aromatic heterocycles. The second kappa shape index (κ2) is 8.67. The monoisotopic (exact) mass is 383 g/mol. The summed E-state index contributed by atoms with van der Waals surface area (Å²) in [6, 6.07) is 8.65. The van der Waals surface area contributed by atoms with E-state index in [9.17, 15) is 4.79 Å². The molecule has 0 saturated carbocycles. The van der Waals surface area contributed by atoms with Gasteiger partial charge in [-0.3, -0.25) is 20.0 Å². The van der Waals surface area contributed by atoms with E-state index in [1.165, 1.54) is 18.1 Å². The van der Waals surface area contributed by atoms with E-state index in [-0.39, 0.29) is 5.41 Å². The lowest BCUT2D eigenvalue weighted by Crippen LogP contribution is -2.26. The van der Waals surface area contributed by atoms with E-state index in [0.29, 0.717) is 6.04 Å². The van der Waals surface area contributed by atoms with Crippen LogP contribution in [-0.4, -0.2) is 44.5 Å². The molecule has 2 aromatic rings. The van der Waals surface area contributed by atoms with Crippen LogP contribution in [0.15, 0.2) is 30.3 Å². The molecular formula is C21H29N5O2. The van der Waals surface area contributed by atoms with Gasteiger partial charge in [0.05, 0.1) is 11.4 Å². The molecule has 150 valence electrons. The molecule has 1 aliphatic rings. The molecule has 3 N–H and O–H groups in total. The number of hydrogen-bond acceptors (Lipinski definition) is 5. The fraction of sp³-hybridized carbons (Fsp3) is 0.476. The zero-order valence-corrected chi connectivity index (χ0v) is 16.8. The molecule has 28 heavy (non-hydrogen) atoms. The van der Waals surface area contributed by atoms with Crippen LogP contribution in [-0.2, 0) is 16.6 Å². The molecule has 1 atom stereocenters. The normalized spacial score (nSPS) is 18.1. The van der Waals surface area contributed by atoms with Crippen molar-refractivity contribution in [3.8, 4) is 0 Å². The Bertz CT molecular complexity index is 820. The maximum Gasteiger partial charge on any atom is 0.267 e. The summed E-state index contributed by atoms with van der Waals surface area (Å²) in [6.07, 6.45) is 6.21. The lowest BCUT2D eigenvalue weighted by atomic mass is 9.90. The van der Waals surface area contributed by atoms with Crippen LogP contribution in [0.25, 0.3) is 6.08 Å². The van der Waals surface area contributed by atoms with Gasteiger partial charge in [-0.05, 0) is 36.6 Å². The number of amides is 1. The van der Waals surface area contributed by atoms with Crippen LogP contribution in [0.5, 0.6) is 0 Å². The summed E-state index contributed by atoms with van der Waals surface area (Å²) >= 11 is 0. The summed E-state index contributed by atoms with van der Waals surface area (Å²) in [5, 5.41) is 19.9. The molecule has 1 fully saturated rings. The van der Waals surface area contributed by atoms with Gasteiger partial charge in [0.15, 0.2) is 0 Å². The first-order chi connectivity index (χ1) is 13.4. The van der Waals surface area contributed by atoms with Crippen LogP contribution in [0, 0.1) is 0 Å². The number of hydrogen-bond donors (Lipinski definition) is 3. The largest absolute Gasteiger partial charge is 0.296 e. The van der Waals surface area contributed by atoms with Crippen molar-refractivity contribution >= 4 is 12.0 Å². The molecule has 0 radical (unpaired) electrons. The van der Waals surface area contributed by atoms with Gasteiger partial charge in [-0.25, -0.2) is 5.48 Å². The quantitative estimate of drug-likeness (QED) is 0.405. The first kappa shape index (κ1) is 20.2. The SMILES string of the molecule is CC(C)(C)c1[nH]nnc1CCN1CCCC1c1ccc(C=CC(=O)NO)cc1. The number of aromatic amines is 1. The highest BCUT2D eigenvalue weighted by Gasteiger charge is 2.27. The molecule has 1 saturated heterocycles. The Kier molecular flexibility index (Phi) is 6.26. The number of benzene rings is 1. The van der Waals surface area contributed by atoms with Crippen LogP contribution < -0.4 is 5.48 Å². The van der Waals surface area contributed by atoms with E-state index in [4.69, 9.17) is 5.21 Å². The molecule has 7 nitrogen and oxygen atoms in total. The summed E-state index contributed by atoms with van der Waals surface area (Å²) < 4.78 is 0. The summed E-state index contributed by atoms with van der Waals surface area (Å²) in [5.74, 6) is -0.534. The Balaban J connectivity index is 1.64. The van der Waals surface area contributed by atoms with E-state index >= 15 is 0 Å². The van der Waals surface area contributed by atoms with Gasteiger partial charge in [-0.15, -0.1) is 5.10 Å². The van der Waals surface area contributed by atoms with Crippen LogP contribution in [0.3, 0.4) is 0 Å². The zero-order chi connectivity index (χ0) is 20.1. The molecule has 7 heteroatoms. The molecule has 0 aliphatic carbocycles. The summed E-state index contributed by atoms with van der Waals surface area (Å²) in [6.45, 7) is 8.56. The van der Waals surface area contributed by atoms with Gasteiger partial charge in [0.1, 0.15) is 0 Å². The highest BCUT2D eigenvalue weighted by molar-refractivity contribution is 5.90. The van der Waals surface area contributed by atoms with E-state index in [1.807, 2.05) is 12.1 Å². The average Bonchev–Trinajstić information content (AvgIpc) is 3.33. The fourth-order valence-corrected chi connectivity index (χ4v) is 3.78. The first-order valence-electron chi connectivity index (χ1n) is 9.75. The van der Waals surface area contributed by atoms with E-state index in [2.05, 4.69) is 53.2 Å². The summed E-state index contributed by atoms with van der Waals surface area (Å²) in [7, 11) is 0. The third-order valence-corrected chi connectivity index (χ3v) is 5.23. The molecular weight excluding hydrogens is 354 g/mol. The Morgan fingerprint density at radius 3 is 2.79 bits per heavy atom. The van der Waals surface area contributed by atoms with Crippen molar-refractivity contribution in [2.75, 3.05) is 13.1 Å². The number of nitrogens with one attached hydrogen (secondary N) is 2. The van der Waals surface area contributed by atoms with Crippen LogP contribution in [0.1, 0.15) is 62.2 Å². The Labute approximate surface area is 165 Å². The third kappa shape index (κ3) is 4.85. The smallest absolute Gasteiger partial charge is 0.267 e. The van der Waals surface area contributed by atoms with Gasteiger partial charge >= 0.3 is 0 Å². The molecule has 1 amide bonds. The second-order valence-corrected chi connectivity index (χ2v) is 8.30. The van der Waals surface area contributed by atoms with Crippen molar-refractivity contribution in [1.29, 1.82) is 0 Å².